The molecule has 0 aliphatic carbocycles. The number of nitrogens with zero attached hydrogens (tertiary/aromatic N) is 2. The van der Waals surface area contributed by atoms with Gasteiger partial charge in [0.15, 0.2) is 0 Å². The highest BCUT2D eigenvalue weighted by Crippen LogP contribution is 2.39. The van der Waals surface area contributed by atoms with Crippen molar-refractivity contribution in [2.24, 2.45) is 11.3 Å². The Balaban J connectivity index is 1.70. The maximum absolute atomic E-state index is 15.0. The van der Waals surface area contributed by atoms with Crippen molar-refractivity contribution in [3.8, 4) is 0 Å². The molecule has 1 N–H and O–H groups in total. The van der Waals surface area contributed by atoms with Crippen LogP contribution in [0.3, 0.4) is 0 Å². The molecular formula is C36H46FN3O2. The number of nitrogens with one attached hydrogen (secondary N) is 1. The van der Waals surface area contributed by atoms with Crippen LogP contribution >= 0.6 is 0 Å². The van der Waals surface area contributed by atoms with E-state index < -0.39 is 23.7 Å². The second-order valence-electron chi connectivity index (χ2n) is 14.0. The van der Waals surface area contributed by atoms with Gasteiger partial charge in [-0.1, -0.05) is 71.9 Å². The van der Waals surface area contributed by atoms with Crippen molar-refractivity contribution in [3.63, 3.8) is 0 Å². The predicted molar refractivity (Wildman–Crippen MR) is 171 cm³/mol. The van der Waals surface area contributed by atoms with Gasteiger partial charge in [0, 0.05) is 31.5 Å². The van der Waals surface area contributed by atoms with Crippen molar-refractivity contribution < 1.29 is 14.0 Å². The molecule has 0 saturated carbocycles. The lowest BCUT2D eigenvalue weighted by Crippen LogP contribution is -2.46. The van der Waals surface area contributed by atoms with Crippen LogP contribution in [0.15, 0.2) is 66.7 Å². The fourth-order valence-corrected chi connectivity index (χ4v) is 5.89. The Bertz CT molecular complexity index is 1420. The van der Waals surface area contributed by atoms with Crippen LogP contribution in [0.1, 0.15) is 87.5 Å². The predicted octanol–water partition coefficient (Wildman–Crippen LogP) is 8.15. The van der Waals surface area contributed by atoms with Gasteiger partial charge < -0.3 is 15.1 Å². The zero-order chi connectivity index (χ0) is 30.8. The maximum Gasteiger partial charge on any atom is 0.257 e. The minimum Gasteiger partial charge on any atom is -0.374 e. The van der Waals surface area contributed by atoms with E-state index in [0.717, 1.165) is 34.6 Å². The standard InChI is InChI=1S/C36H46FN3O2/c1-24-14-19-29(31(37)21-24)34(42)40-20-10-13-30(33(41)38-27-12-9-11-26(22-27)36(5,6)7)32(40)25-15-17-28(18-16-25)39(8)23-35(2,3)4/h9,11-12,14-19,21-22,30,32H,10,13,20,23H2,1-8H3,(H,38,41)/t30-,32-/m0/s1. The number of carbonyl (C=O) groups excluding carboxylic acids is 2. The lowest BCUT2D eigenvalue weighted by molar-refractivity contribution is -0.123. The summed E-state index contributed by atoms with van der Waals surface area (Å²) in [7, 11) is 2.07. The third kappa shape index (κ3) is 7.39. The minimum absolute atomic E-state index is 0.0334. The third-order valence-electron chi connectivity index (χ3n) is 7.97. The SMILES string of the molecule is Cc1ccc(C(=O)N2CCC[C@H](C(=O)Nc3cccc(C(C)(C)C)c3)[C@@H]2c2ccc(N(C)CC(C)(C)C)cc2)c(F)c1. The number of amides is 2. The molecule has 6 heteroatoms. The first-order valence-corrected chi connectivity index (χ1v) is 14.9. The van der Waals surface area contributed by atoms with Gasteiger partial charge in [-0.05, 0) is 83.7 Å². The molecule has 1 fully saturated rings. The lowest BCUT2D eigenvalue weighted by atomic mass is 9.83. The van der Waals surface area contributed by atoms with E-state index >= 15 is 4.39 Å². The smallest absolute Gasteiger partial charge is 0.257 e. The van der Waals surface area contributed by atoms with Crippen molar-refractivity contribution in [1.82, 2.24) is 4.90 Å². The number of halogens is 1. The number of anilines is 2. The van der Waals surface area contributed by atoms with Crippen molar-refractivity contribution >= 4 is 23.2 Å². The van der Waals surface area contributed by atoms with Crippen molar-refractivity contribution in [2.45, 2.75) is 72.8 Å². The van der Waals surface area contributed by atoms with E-state index in [1.807, 2.05) is 42.5 Å². The first kappa shape index (κ1) is 31.3. The van der Waals surface area contributed by atoms with E-state index in [1.54, 1.807) is 24.0 Å². The van der Waals surface area contributed by atoms with E-state index in [2.05, 4.69) is 64.9 Å². The van der Waals surface area contributed by atoms with E-state index in [4.69, 9.17) is 0 Å². The summed E-state index contributed by atoms with van der Waals surface area (Å²) in [5.41, 5.74) is 4.65. The molecular weight excluding hydrogens is 525 g/mol. The Labute approximate surface area is 251 Å². The molecule has 5 nitrogen and oxygen atoms in total. The molecule has 0 spiro atoms. The minimum atomic E-state index is -0.538. The fourth-order valence-electron chi connectivity index (χ4n) is 5.89. The van der Waals surface area contributed by atoms with E-state index in [1.165, 1.54) is 6.07 Å². The quantitative estimate of drug-likeness (QED) is 0.325. The molecule has 1 heterocycles. The summed E-state index contributed by atoms with van der Waals surface area (Å²) < 4.78 is 15.0. The summed E-state index contributed by atoms with van der Waals surface area (Å²) >= 11 is 0. The Morgan fingerprint density at radius 2 is 1.67 bits per heavy atom. The highest BCUT2D eigenvalue weighted by atomic mass is 19.1. The van der Waals surface area contributed by atoms with Gasteiger partial charge in [0.05, 0.1) is 17.5 Å². The second-order valence-corrected chi connectivity index (χ2v) is 14.0. The zero-order valence-electron chi connectivity index (χ0n) is 26.4. The molecule has 4 rings (SSSR count). The molecule has 42 heavy (non-hydrogen) atoms. The van der Waals surface area contributed by atoms with Crippen LogP contribution in [0.2, 0.25) is 0 Å². The number of hydrogen-bond acceptors (Lipinski definition) is 3. The number of hydrogen-bond donors (Lipinski definition) is 1. The molecule has 0 radical (unpaired) electrons. The van der Waals surface area contributed by atoms with Gasteiger partial charge in [0.1, 0.15) is 5.82 Å². The van der Waals surface area contributed by atoms with Gasteiger partial charge >= 0.3 is 0 Å². The van der Waals surface area contributed by atoms with E-state index in [9.17, 15) is 9.59 Å². The molecule has 2 atom stereocenters. The van der Waals surface area contributed by atoms with Crippen molar-refractivity contribution in [2.75, 3.05) is 30.4 Å². The molecule has 1 aliphatic heterocycles. The average molecular weight is 572 g/mol. The monoisotopic (exact) mass is 571 g/mol. The van der Waals surface area contributed by atoms with Gasteiger partial charge in [-0.15, -0.1) is 0 Å². The Hall–Kier alpha value is -3.67. The maximum atomic E-state index is 15.0. The molecule has 1 aliphatic rings. The topological polar surface area (TPSA) is 52.7 Å². The van der Waals surface area contributed by atoms with Crippen LogP contribution in [0.5, 0.6) is 0 Å². The van der Waals surface area contributed by atoms with Crippen LogP contribution < -0.4 is 10.2 Å². The highest BCUT2D eigenvalue weighted by molar-refractivity contribution is 5.97. The van der Waals surface area contributed by atoms with Crippen LogP contribution in [0.4, 0.5) is 15.8 Å². The molecule has 1 saturated heterocycles. The number of rotatable bonds is 6. The summed E-state index contributed by atoms with van der Waals surface area (Å²) in [6.45, 7) is 16.2. The van der Waals surface area contributed by atoms with Gasteiger partial charge in [0.25, 0.3) is 5.91 Å². The normalized spacial score (nSPS) is 17.6. The fraction of sp³-hybridized carbons (Fsp3) is 0.444. The number of piperidine rings is 1. The van der Waals surface area contributed by atoms with E-state index in [-0.39, 0.29) is 22.3 Å². The third-order valence-corrected chi connectivity index (χ3v) is 7.97. The summed E-state index contributed by atoms with van der Waals surface area (Å²) in [5, 5.41) is 3.14. The number of aryl methyl sites for hydroxylation is 1. The average Bonchev–Trinajstić information content (AvgIpc) is 2.91. The first-order valence-electron chi connectivity index (χ1n) is 14.9. The van der Waals surface area contributed by atoms with Crippen LogP contribution in [-0.4, -0.2) is 36.9 Å². The van der Waals surface area contributed by atoms with E-state index in [0.29, 0.717) is 19.4 Å². The molecule has 0 bridgehead atoms. The highest BCUT2D eigenvalue weighted by Gasteiger charge is 2.40. The Morgan fingerprint density at radius 1 is 0.976 bits per heavy atom. The zero-order valence-corrected chi connectivity index (χ0v) is 26.4. The first-order chi connectivity index (χ1) is 19.6. The van der Waals surface area contributed by atoms with Gasteiger partial charge in [-0.3, -0.25) is 9.59 Å². The molecule has 3 aromatic carbocycles. The largest absolute Gasteiger partial charge is 0.374 e. The number of likely N-dealkylation sites (tertiary alicyclic amines) is 1. The lowest BCUT2D eigenvalue weighted by Gasteiger charge is -2.41. The summed E-state index contributed by atoms with van der Waals surface area (Å²) in [5.74, 6) is -1.56. The van der Waals surface area contributed by atoms with Crippen molar-refractivity contribution in [3.05, 3.63) is 94.8 Å². The second kappa shape index (κ2) is 12.3. The van der Waals surface area contributed by atoms with Gasteiger partial charge in [-0.25, -0.2) is 4.39 Å². The van der Waals surface area contributed by atoms with Crippen LogP contribution in [-0.2, 0) is 10.2 Å². The van der Waals surface area contributed by atoms with Crippen LogP contribution in [0, 0.1) is 24.1 Å². The van der Waals surface area contributed by atoms with Gasteiger partial charge in [0.2, 0.25) is 5.91 Å². The Morgan fingerprint density at radius 3 is 2.29 bits per heavy atom. The number of benzene rings is 3. The molecule has 0 unspecified atom stereocenters. The van der Waals surface area contributed by atoms with Gasteiger partial charge in [-0.2, -0.15) is 0 Å². The molecule has 3 aromatic rings. The summed E-state index contributed by atoms with van der Waals surface area (Å²) in [4.78, 5) is 31.7. The molecule has 0 aromatic heterocycles. The Kier molecular flexibility index (Phi) is 9.15. The summed E-state index contributed by atoms with van der Waals surface area (Å²) in [6, 6.07) is 20.2. The number of carbonyl (C=O) groups is 2. The molecule has 224 valence electrons. The van der Waals surface area contributed by atoms with Crippen LogP contribution in [0.25, 0.3) is 0 Å². The summed E-state index contributed by atoms with van der Waals surface area (Å²) in [6.07, 6.45) is 1.28. The molecule has 2 amide bonds. The van der Waals surface area contributed by atoms with Crippen molar-refractivity contribution in [1.29, 1.82) is 0 Å².